The van der Waals surface area contributed by atoms with Gasteiger partial charge < -0.3 is 5.32 Å². The number of carbonyl (C=O) groups is 1. The SMILES string of the molecule is Cc1ccc(NC(=O)CCn2cncn2)cc1Cl. The molecule has 1 N–H and O–H groups in total. The van der Waals surface area contributed by atoms with Crippen LogP contribution in [0.4, 0.5) is 5.69 Å². The number of nitrogens with zero attached hydrogens (tertiary/aromatic N) is 3. The molecule has 1 aromatic carbocycles. The zero-order chi connectivity index (χ0) is 13.0. The molecule has 2 aromatic rings. The predicted octanol–water partition coefficient (Wildman–Crippen LogP) is 2.27. The number of anilines is 1. The monoisotopic (exact) mass is 264 g/mol. The van der Waals surface area contributed by atoms with Crippen molar-refractivity contribution in [1.29, 1.82) is 0 Å². The van der Waals surface area contributed by atoms with E-state index < -0.39 is 0 Å². The van der Waals surface area contributed by atoms with Crippen LogP contribution in [0.25, 0.3) is 0 Å². The Morgan fingerprint density at radius 3 is 3.00 bits per heavy atom. The molecule has 94 valence electrons. The Labute approximate surface area is 110 Å². The maximum absolute atomic E-state index is 11.7. The van der Waals surface area contributed by atoms with Crippen molar-refractivity contribution in [1.82, 2.24) is 14.8 Å². The summed E-state index contributed by atoms with van der Waals surface area (Å²) in [6, 6.07) is 5.44. The van der Waals surface area contributed by atoms with Gasteiger partial charge in [0.25, 0.3) is 0 Å². The Kier molecular flexibility index (Phi) is 3.94. The fourth-order valence-electron chi connectivity index (χ4n) is 1.46. The van der Waals surface area contributed by atoms with Gasteiger partial charge in [0.15, 0.2) is 0 Å². The number of nitrogens with one attached hydrogen (secondary N) is 1. The van der Waals surface area contributed by atoms with Crippen LogP contribution in [0.3, 0.4) is 0 Å². The number of amides is 1. The summed E-state index contributed by atoms with van der Waals surface area (Å²) in [4.78, 5) is 15.5. The van der Waals surface area contributed by atoms with Crippen molar-refractivity contribution in [3.8, 4) is 0 Å². The second kappa shape index (κ2) is 5.64. The normalized spacial score (nSPS) is 10.3. The lowest BCUT2D eigenvalue weighted by molar-refractivity contribution is -0.116. The Bertz CT molecular complexity index is 539. The molecule has 5 nitrogen and oxygen atoms in total. The van der Waals surface area contributed by atoms with Crippen LogP contribution in [-0.2, 0) is 11.3 Å². The van der Waals surface area contributed by atoms with E-state index in [1.54, 1.807) is 17.1 Å². The number of aryl methyl sites for hydroxylation is 2. The summed E-state index contributed by atoms with van der Waals surface area (Å²) in [5, 5.41) is 7.36. The van der Waals surface area contributed by atoms with Gasteiger partial charge in [-0.3, -0.25) is 9.48 Å². The van der Waals surface area contributed by atoms with Crippen LogP contribution in [0.5, 0.6) is 0 Å². The zero-order valence-corrected chi connectivity index (χ0v) is 10.7. The lowest BCUT2D eigenvalue weighted by Gasteiger charge is -2.06. The van der Waals surface area contributed by atoms with Crippen LogP contribution in [0.2, 0.25) is 5.02 Å². The lowest BCUT2D eigenvalue weighted by Crippen LogP contribution is -2.14. The highest BCUT2D eigenvalue weighted by atomic mass is 35.5. The molecule has 0 atom stereocenters. The van der Waals surface area contributed by atoms with Gasteiger partial charge >= 0.3 is 0 Å². The quantitative estimate of drug-likeness (QED) is 0.922. The average Bonchev–Trinajstić information content (AvgIpc) is 2.84. The summed E-state index contributed by atoms with van der Waals surface area (Å²) in [6.45, 7) is 2.42. The van der Waals surface area contributed by atoms with E-state index in [1.807, 2.05) is 19.1 Å². The molecule has 0 fully saturated rings. The summed E-state index contributed by atoms with van der Waals surface area (Å²) in [7, 11) is 0. The first-order valence-electron chi connectivity index (χ1n) is 5.53. The van der Waals surface area contributed by atoms with E-state index in [-0.39, 0.29) is 5.91 Å². The Balaban J connectivity index is 1.88. The smallest absolute Gasteiger partial charge is 0.226 e. The number of aromatic nitrogens is 3. The Morgan fingerprint density at radius 1 is 1.50 bits per heavy atom. The molecule has 0 radical (unpaired) electrons. The molecule has 0 saturated heterocycles. The number of benzene rings is 1. The largest absolute Gasteiger partial charge is 0.326 e. The highest BCUT2D eigenvalue weighted by molar-refractivity contribution is 6.31. The van der Waals surface area contributed by atoms with E-state index in [9.17, 15) is 4.79 Å². The molecular formula is C12H13ClN4O. The van der Waals surface area contributed by atoms with Gasteiger partial charge in [0.1, 0.15) is 12.7 Å². The third-order valence-electron chi connectivity index (χ3n) is 2.49. The minimum Gasteiger partial charge on any atom is -0.326 e. The molecule has 0 aliphatic heterocycles. The van der Waals surface area contributed by atoms with Crippen molar-refractivity contribution in [2.24, 2.45) is 0 Å². The predicted molar refractivity (Wildman–Crippen MR) is 69.5 cm³/mol. The first-order valence-corrected chi connectivity index (χ1v) is 5.91. The maximum atomic E-state index is 11.7. The standard InChI is InChI=1S/C12H13ClN4O/c1-9-2-3-10(6-11(9)13)16-12(18)4-5-17-8-14-7-15-17/h2-3,6-8H,4-5H2,1H3,(H,16,18). The molecule has 18 heavy (non-hydrogen) atoms. The van der Waals surface area contributed by atoms with Gasteiger partial charge in [-0.1, -0.05) is 17.7 Å². The van der Waals surface area contributed by atoms with Crippen LogP contribution in [0.15, 0.2) is 30.9 Å². The molecule has 0 spiro atoms. The summed E-state index contributed by atoms with van der Waals surface area (Å²) < 4.78 is 1.61. The molecule has 0 bridgehead atoms. The topological polar surface area (TPSA) is 59.8 Å². The number of halogens is 1. The third kappa shape index (κ3) is 3.30. The fourth-order valence-corrected chi connectivity index (χ4v) is 1.64. The molecule has 1 aromatic heterocycles. The lowest BCUT2D eigenvalue weighted by atomic mass is 10.2. The van der Waals surface area contributed by atoms with E-state index >= 15 is 0 Å². The van der Waals surface area contributed by atoms with Gasteiger partial charge in [-0.15, -0.1) is 0 Å². The molecule has 0 unspecified atom stereocenters. The first-order chi connectivity index (χ1) is 8.65. The summed E-state index contributed by atoms with van der Waals surface area (Å²) >= 11 is 5.98. The van der Waals surface area contributed by atoms with E-state index in [0.29, 0.717) is 23.7 Å². The summed E-state index contributed by atoms with van der Waals surface area (Å²) in [5.41, 5.74) is 1.69. The van der Waals surface area contributed by atoms with Crippen LogP contribution in [-0.4, -0.2) is 20.7 Å². The van der Waals surface area contributed by atoms with Gasteiger partial charge in [0.05, 0.1) is 6.54 Å². The van der Waals surface area contributed by atoms with E-state index in [2.05, 4.69) is 15.4 Å². The van der Waals surface area contributed by atoms with Gasteiger partial charge in [-0.05, 0) is 24.6 Å². The average molecular weight is 265 g/mol. The number of rotatable bonds is 4. The van der Waals surface area contributed by atoms with Gasteiger partial charge in [0, 0.05) is 17.1 Å². The molecule has 0 aliphatic rings. The number of carbonyl (C=O) groups excluding carboxylic acids is 1. The fraction of sp³-hybridized carbons (Fsp3) is 0.250. The van der Waals surface area contributed by atoms with Crippen molar-refractivity contribution >= 4 is 23.2 Å². The zero-order valence-electron chi connectivity index (χ0n) is 9.93. The minimum atomic E-state index is -0.0783. The Morgan fingerprint density at radius 2 is 2.33 bits per heavy atom. The Hall–Kier alpha value is -1.88. The van der Waals surface area contributed by atoms with E-state index in [1.165, 1.54) is 6.33 Å². The second-order valence-electron chi connectivity index (χ2n) is 3.92. The third-order valence-corrected chi connectivity index (χ3v) is 2.90. The van der Waals surface area contributed by atoms with Gasteiger partial charge in [0.2, 0.25) is 5.91 Å². The molecular weight excluding hydrogens is 252 g/mol. The summed E-state index contributed by atoms with van der Waals surface area (Å²) in [6.07, 6.45) is 3.36. The van der Waals surface area contributed by atoms with Crippen molar-refractivity contribution in [3.63, 3.8) is 0 Å². The molecule has 1 amide bonds. The van der Waals surface area contributed by atoms with Crippen molar-refractivity contribution in [3.05, 3.63) is 41.4 Å². The van der Waals surface area contributed by atoms with Gasteiger partial charge in [-0.25, -0.2) is 4.98 Å². The van der Waals surface area contributed by atoms with Crippen LogP contribution >= 0.6 is 11.6 Å². The van der Waals surface area contributed by atoms with E-state index in [4.69, 9.17) is 11.6 Å². The van der Waals surface area contributed by atoms with Crippen LogP contribution in [0, 0.1) is 6.92 Å². The number of hydrogen-bond donors (Lipinski definition) is 1. The van der Waals surface area contributed by atoms with Crippen molar-refractivity contribution < 1.29 is 4.79 Å². The van der Waals surface area contributed by atoms with Crippen LogP contribution < -0.4 is 5.32 Å². The molecule has 1 heterocycles. The molecule has 0 aliphatic carbocycles. The molecule has 2 rings (SSSR count). The minimum absolute atomic E-state index is 0.0783. The van der Waals surface area contributed by atoms with E-state index in [0.717, 1.165) is 5.56 Å². The van der Waals surface area contributed by atoms with Crippen molar-refractivity contribution in [2.45, 2.75) is 19.9 Å². The highest BCUT2D eigenvalue weighted by Crippen LogP contribution is 2.19. The number of hydrogen-bond acceptors (Lipinski definition) is 3. The second-order valence-corrected chi connectivity index (χ2v) is 4.33. The highest BCUT2D eigenvalue weighted by Gasteiger charge is 2.04. The summed E-state index contributed by atoms with van der Waals surface area (Å²) in [5.74, 6) is -0.0783. The van der Waals surface area contributed by atoms with Crippen LogP contribution in [0.1, 0.15) is 12.0 Å². The first kappa shape index (κ1) is 12.6. The van der Waals surface area contributed by atoms with Gasteiger partial charge in [-0.2, -0.15) is 5.10 Å². The van der Waals surface area contributed by atoms with Crippen molar-refractivity contribution in [2.75, 3.05) is 5.32 Å². The molecule has 6 heteroatoms. The molecule has 0 saturated carbocycles. The maximum Gasteiger partial charge on any atom is 0.226 e.